The molecule has 0 saturated carbocycles. The fraction of sp³-hybridized carbons (Fsp3) is 0.529. The summed E-state index contributed by atoms with van der Waals surface area (Å²) in [5.41, 5.74) is -1.27. The molecule has 0 aliphatic carbocycles. The third-order valence-electron chi connectivity index (χ3n) is 4.75. The van der Waals surface area contributed by atoms with Crippen molar-refractivity contribution in [1.82, 2.24) is 9.62 Å². The average molecular weight is 473 g/mol. The first-order valence-electron chi connectivity index (χ1n) is 8.83. The lowest BCUT2D eigenvalue weighted by molar-refractivity contribution is -0.145. The summed E-state index contributed by atoms with van der Waals surface area (Å²) in [6.07, 6.45) is -6.08. The second-order valence-electron chi connectivity index (χ2n) is 6.88. The number of halogens is 4. The monoisotopic (exact) mass is 472 g/mol. The molecule has 0 radical (unpaired) electrons. The summed E-state index contributed by atoms with van der Waals surface area (Å²) in [5.74, 6) is -2.76. The topological polar surface area (TPSA) is 124 Å². The van der Waals surface area contributed by atoms with Crippen molar-refractivity contribution in [3.05, 3.63) is 28.8 Å². The molecule has 1 aliphatic heterocycles. The number of nitrogens with one attached hydrogen (secondary N) is 1. The summed E-state index contributed by atoms with van der Waals surface area (Å²) in [4.78, 5) is 22.7. The summed E-state index contributed by atoms with van der Waals surface area (Å²) in [6.45, 7) is 0.920. The van der Waals surface area contributed by atoms with Gasteiger partial charge in [-0.1, -0.05) is 11.6 Å². The first kappa shape index (κ1) is 24.4. The van der Waals surface area contributed by atoms with E-state index in [0.29, 0.717) is 6.07 Å². The molecule has 0 unspecified atom stereocenters. The van der Waals surface area contributed by atoms with Gasteiger partial charge in [0, 0.05) is 19.0 Å². The van der Waals surface area contributed by atoms with Gasteiger partial charge in [0.1, 0.15) is 0 Å². The Morgan fingerprint density at radius 1 is 1.27 bits per heavy atom. The lowest BCUT2D eigenvalue weighted by Gasteiger charge is -2.31. The summed E-state index contributed by atoms with van der Waals surface area (Å²) in [5, 5.41) is 20.0. The average Bonchev–Trinajstić information content (AvgIpc) is 2.64. The molecule has 1 saturated heterocycles. The van der Waals surface area contributed by atoms with Gasteiger partial charge in [-0.25, -0.2) is 13.2 Å². The highest BCUT2D eigenvalue weighted by molar-refractivity contribution is 7.89. The fourth-order valence-electron chi connectivity index (χ4n) is 3.05. The molecule has 0 bridgehead atoms. The minimum absolute atomic E-state index is 0.0386. The van der Waals surface area contributed by atoms with E-state index in [9.17, 15) is 36.3 Å². The molecule has 168 valence electrons. The van der Waals surface area contributed by atoms with Crippen LogP contribution in [0.4, 0.5) is 13.2 Å². The van der Waals surface area contributed by atoms with Gasteiger partial charge in [0.05, 0.1) is 21.6 Å². The minimum Gasteiger partial charge on any atom is -0.480 e. The molecule has 2 rings (SSSR count). The Balaban J connectivity index is 2.11. The van der Waals surface area contributed by atoms with E-state index in [4.69, 9.17) is 16.7 Å². The number of carbonyl (C=O) groups is 2. The van der Waals surface area contributed by atoms with E-state index in [1.54, 1.807) is 0 Å². The largest absolute Gasteiger partial charge is 0.480 e. The number of amides is 1. The number of hydrogen-bond acceptors (Lipinski definition) is 5. The van der Waals surface area contributed by atoms with E-state index < -0.39 is 61.6 Å². The fourth-order valence-corrected chi connectivity index (χ4v) is 4.77. The van der Waals surface area contributed by atoms with Crippen LogP contribution in [0.1, 0.15) is 25.3 Å². The molecule has 8 nitrogen and oxygen atoms in total. The van der Waals surface area contributed by atoms with E-state index in [1.807, 2.05) is 0 Å². The smallest absolute Gasteiger partial charge is 0.417 e. The van der Waals surface area contributed by atoms with Crippen LogP contribution < -0.4 is 5.32 Å². The molecule has 2 atom stereocenters. The summed E-state index contributed by atoms with van der Waals surface area (Å²) in [7, 11) is -4.25. The minimum atomic E-state index is -4.82. The van der Waals surface area contributed by atoms with Crippen molar-refractivity contribution in [2.75, 3.05) is 13.1 Å². The molecule has 1 aromatic rings. The van der Waals surface area contributed by atoms with Crippen LogP contribution in [-0.4, -0.2) is 60.0 Å². The molecule has 13 heteroatoms. The lowest BCUT2D eigenvalue weighted by atomic mass is 9.96. The van der Waals surface area contributed by atoms with E-state index in [0.717, 1.165) is 16.4 Å². The second-order valence-corrected chi connectivity index (χ2v) is 9.23. The van der Waals surface area contributed by atoms with Gasteiger partial charge in [-0.2, -0.15) is 17.5 Å². The SMILES string of the molecule is C[C@@H](O)[C@@H](NC(=O)C1CCN(S(=O)(=O)c2ccc(Cl)c(C(F)(F)F)c2)CC1)C(=O)O. The molecule has 3 N–H and O–H groups in total. The van der Waals surface area contributed by atoms with E-state index >= 15 is 0 Å². The summed E-state index contributed by atoms with van der Waals surface area (Å²) in [6, 6.07) is 0.802. The molecule has 1 fully saturated rings. The van der Waals surface area contributed by atoms with Crippen molar-refractivity contribution in [1.29, 1.82) is 0 Å². The van der Waals surface area contributed by atoms with Crippen LogP contribution in [0, 0.1) is 5.92 Å². The van der Waals surface area contributed by atoms with Crippen LogP contribution in [0.3, 0.4) is 0 Å². The third-order valence-corrected chi connectivity index (χ3v) is 6.98. The Morgan fingerprint density at radius 3 is 2.30 bits per heavy atom. The van der Waals surface area contributed by atoms with Gasteiger partial charge in [-0.05, 0) is 38.0 Å². The standard InChI is InChI=1S/C17H20ClF3N2O6S/c1-9(24)14(16(26)27)22-15(25)10-4-6-23(7-5-10)30(28,29)11-2-3-13(18)12(8-11)17(19,20)21/h2-3,8-10,14,24H,4-7H2,1H3,(H,22,25)(H,26,27)/t9-,14-/m1/s1. The maximum Gasteiger partial charge on any atom is 0.417 e. The number of nitrogens with zero attached hydrogens (tertiary/aromatic N) is 1. The number of hydrogen-bond donors (Lipinski definition) is 3. The Morgan fingerprint density at radius 2 is 1.83 bits per heavy atom. The highest BCUT2D eigenvalue weighted by Gasteiger charge is 2.37. The van der Waals surface area contributed by atoms with Gasteiger partial charge >= 0.3 is 12.1 Å². The molecule has 30 heavy (non-hydrogen) atoms. The normalized spacial score (nSPS) is 18.6. The Kier molecular flexibility index (Phi) is 7.38. The van der Waals surface area contributed by atoms with Crippen molar-refractivity contribution in [3.8, 4) is 0 Å². The van der Waals surface area contributed by atoms with Crippen molar-refractivity contribution in [3.63, 3.8) is 0 Å². The molecule has 0 spiro atoms. The van der Waals surface area contributed by atoms with Crippen LogP contribution >= 0.6 is 11.6 Å². The van der Waals surface area contributed by atoms with Gasteiger partial charge < -0.3 is 15.5 Å². The molecule has 0 aromatic heterocycles. The van der Waals surface area contributed by atoms with Crippen LogP contribution in [-0.2, 0) is 25.8 Å². The zero-order chi connectivity index (χ0) is 22.9. The third kappa shape index (κ3) is 5.42. The number of benzene rings is 1. The van der Waals surface area contributed by atoms with Crippen molar-refractivity contribution < 1.29 is 41.4 Å². The Bertz CT molecular complexity index is 915. The van der Waals surface area contributed by atoms with Crippen LogP contribution in [0.5, 0.6) is 0 Å². The molecule has 1 amide bonds. The Hall–Kier alpha value is -1.89. The highest BCUT2D eigenvalue weighted by atomic mass is 35.5. The van der Waals surface area contributed by atoms with Gasteiger partial charge in [-0.15, -0.1) is 0 Å². The number of alkyl halides is 3. The van der Waals surface area contributed by atoms with Crippen LogP contribution in [0.25, 0.3) is 0 Å². The number of aliphatic hydroxyl groups is 1. The molecular formula is C17H20ClF3N2O6S. The summed E-state index contributed by atoms with van der Waals surface area (Å²) < 4.78 is 65.5. The van der Waals surface area contributed by atoms with Gasteiger partial charge in [0.25, 0.3) is 0 Å². The molecule has 1 heterocycles. The number of sulfonamides is 1. The summed E-state index contributed by atoms with van der Waals surface area (Å²) >= 11 is 5.52. The predicted molar refractivity (Wildman–Crippen MR) is 99.2 cm³/mol. The van der Waals surface area contributed by atoms with E-state index in [2.05, 4.69) is 5.32 Å². The zero-order valence-corrected chi connectivity index (χ0v) is 17.3. The van der Waals surface area contributed by atoms with Gasteiger partial charge in [-0.3, -0.25) is 4.79 Å². The number of piperidine rings is 1. The van der Waals surface area contributed by atoms with Crippen molar-refractivity contribution >= 4 is 33.5 Å². The maximum atomic E-state index is 13.0. The molecule has 1 aliphatic rings. The quantitative estimate of drug-likeness (QED) is 0.579. The number of carbonyl (C=O) groups excluding carboxylic acids is 1. The number of carboxylic acid groups (broad SMARTS) is 1. The van der Waals surface area contributed by atoms with Crippen molar-refractivity contribution in [2.24, 2.45) is 5.92 Å². The van der Waals surface area contributed by atoms with Gasteiger partial charge in [0.15, 0.2) is 6.04 Å². The second kappa shape index (κ2) is 9.08. The van der Waals surface area contributed by atoms with Crippen molar-refractivity contribution in [2.45, 2.75) is 43.0 Å². The number of aliphatic carboxylic acids is 1. The number of rotatable bonds is 6. The van der Waals surface area contributed by atoms with Crippen LogP contribution in [0.2, 0.25) is 5.02 Å². The molecule has 1 aromatic carbocycles. The predicted octanol–water partition coefficient (Wildman–Crippen LogP) is 1.71. The van der Waals surface area contributed by atoms with Gasteiger partial charge in [0.2, 0.25) is 15.9 Å². The lowest BCUT2D eigenvalue weighted by Crippen LogP contribution is -2.51. The maximum absolute atomic E-state index is 13.0. The number of aliphatic hydroxyl groups excluding tert-OH is 1. The van der Waals surface area contributed by atoms with Crippen LogP contribution in [0.15, 0.2) is 23.1 Å². The number of carboxylic acids is 1. The van der Waals surface area contributed by atoms with E-state index in [1.165, 1.54) is 6.92 Å². The van der Waals surface area contributed by atoms with E-state index in [-0.39, 0.29) is 25.9 Å². The highest BCUT2D eigenvalue weighted by Crippen LogP contribution is 2.36. The molecular weight excluding hydrogens is 453 g/mol. The first-order valence-corrected chi connectivity index (χ1v) is 10.6. The Labute approximate surface area is 175 Å². The first-order chi connectivity index (χ1) is 13.7. The zero-order valence-electron chi connectivity index (χ0n) is 15.7.